The summed E-state index contributed by atoms with van der Waals surface area (Å²) >= 11 is 0. The summed E-state index contributed by atoms with van der Waals surface area (Å²) in [4.78, 5) is 28.5. The number of nitrogens with one attached hydrogen (secondary N) is 1. The maximum atomic E-state index is 12.4. The number of H-pyrrole nitrogens is 1. The van der Waals surface area contributed by atoms with E-state index in [0.29, 0.717) is 18.9 Å². The van der Waals surface area contributed by atoms with Gasteiger partial charge in [0.05, 0.1) is 6.54 Å². The first kappa shape index (κ1) is 15.6. The average molecular weight is 314 g/mol. The predicted octanol–water partition coefficient (Wildman–Crippen LogP) is 0.821. The molecule has 6 nitrogen and oxygen atoms in total. The number of anilines is 1. The number of hydrogen-bond donors (Lipinski definition) is 2. The smallest absolute Gasteiger partial charge is 0.330 e. The van der Waals surface area contributed by atoms with E-state index < -0.39 is 0 Å². The van der Waals surface area contributed by atoms with E-state index in [1.807, 2.05) is 36.1 Å². The van der Waals surface area contributed by atoms with Crippen LogP contribution in [0, 0.1) is 6.92 Å². The van der Waals surface area contributed by atoms with Crippen molar-refractivity contribution >= 4 is 5.82 Å². The predicted molar refractivity (Wildman–Crippen MR) is 91.0 cm³/mol. The van der Waals surface area contributed by atoms with E-state index in [1.165, 1.54) is 6.07 Å². The summed E-state index contributed by atoms with van der Waals surface area (Å²) in [7, 11) is 0. The first-order chi connectivity index (χ1) is 11.0. The number of benzene rings is 1. The summed E-state index contributed by atoms with van der Waals surface area (Å²) in [5.41, 5.74) is 7.48. The molecule has 1 aliphatic heterocycles. The third kappa shape index (κ3) is 3.37. The molecule has 2 heterocycles. The van der Waals surface area contributed by atoms with Crippen LogP contribution in [0.3, 0.4) is 0 Å². The van der Waals surface area contributed by atoms with Gasteiger partial charge in [0.1, 0.15) is 5.82 Å². The largest absolute Gasteiger partial charge is 0.356 e. The van der Waals surface area contributed by atoms with Crippen LogP contribution in [0.1, 0.15) is 24.0 Å². The van der Waals surface area contributed by atoms with E-state index in [2.05, 4.69) is 4.98 Å². The normalized spacial score (nSPS) is 18.2. The number of hydrogen-bond acceptors (Lipinski definition) is 4. The highest BCUT2D eigenvalue weighted by Crippen LogP contribution is 2.18. The first-order valence-electron chi connectivity index (χ1n) is 7.94. The van der Waals surface area contributed by atoms with Gasteiger partial charge < -0.3 is 10.6 Å². The van der Waals surface area contributed by atoms with Crippen molar-refractivity contribution in [2.75, 3.05) is 18.0 Å². The molecular weight excluding hydrogens is 292 g/mol. The molecule has 1 aliphatic rings. The van der Waals surface area contributed by atoms with Gasteiger partial charge in [-0.25, -0.2) is 4.79 Å². The standard InChI is InChI=1S/C17H22N4O2/c1-12-5-2-3-6-13(12)10-21-16(9-15(22)19-17(21)23)20-8-4-7-14(18)11-20/h2-3,5-6,9,14H,4,7-8,10-11,18H2,1H3,(H,19,22,23)/t14-/m1/s1. The van der Waals surface area contributed by atoms with E-state index in [0.717, 1.165) is 30.5 Å². The molecule has 0 amide bonds. The molecule has 1 aromatic heterocycles. The van der Waals surface area contributed by atoms with E-state index in [1.54, 1.807) is 4.57 Å². The Morgan fingerprint density at radius 2 is 2.09 bits per heavy atom. The average Bonchev–Trinajstić information content (AvgIpc) is 2.51. The van der Waals surface area contributed by atoms with Gasteiger partial charge in [-0.3, -0.25) is 14.3 Å². The Balaban J connectivity index is 2.03. The van der Waals surface area contributed by atoms with Crippen LogP contribution in [0.2, 0.25) is 0 Å². The molecule has 0 saturated carbocycles. The molecule has 2 aromatic rings. The van der Waals surface area contributed by atoms with Crippen LogP contribution in [0.25, 0.3) is 0 Å². The molecule has 23 heavy (non-hydrogen) atoms. The summed E-state index contributed by atoms with van der Waals surface area (Å²) in [5.74, 6) is 0.650. The zero-order valence-electron chi connectivity index (χ0n) is 13.3. The number of aryl methyl sites for hydroxylation is 1. The van der Waals surface area contributed by atoms with Gasteiger partial charge >= 0.3 is 5.69 Å². The number of aromatic amines is 1. The molecule has 1 atom stereocenters. The second-order valence-corrected chi connectivity index (χ2v) is 6.16. The maximum absolute atomic E-state index is 12.4. The lowest BCUT2D eigenvalue weighted by atomic mass is 10.1. The minimum absolute atomic E-state index is 0.0741. The SMILES string of the molecule is Cc1ccccc1Cn1c(N2CCC[C@@H](N)C2)cc(=O)[nH]c1=O. The van der Waals surface area contributed by atoms with Gasteiger partial charge in [0.25, 0.3) is 5.56 Å². The van der Waals surface area contributed by atoms with Crippen molar-refractivity contribution in [1.82, 2.24) is 9.55 Å². The van der Waals surface area contributed by atoms with Crippen LogP contribution < -0.4 is 21.9 Å². The number of nitrogens with two attached hydrogens (primary N) is 1. The molecule has 1 fully saturated rings. The van der Waals surface area contributed by atoms with Crippen molar-refractivity contribution in [2.24, 2.45) is 5.73 Å². The van der Waals surface area contributed by atoms with Crippen molar-refractivity contribution in [3.05, 3.63) is 62.3 Å². The lowest BCUT2D eigenvalue weighted by molar-refractivity contribution is 0.494. The summed E-state index contributed by atoms with van der Waals surface area (Å²) in [6.45, 7) is 3.92. The molecule has 1 aromatic carbocycles. The third-order valence-corrected chi connectivity index (χ3v) is 4.38. The van der Waals surface area contributed by atoms with Crippen LogP contribution in [-0.2, 0) is 6.54 Å². The molecular formula is C17H22N4O2. The Hall–Kier alpha value is -2.34. The molecule has 0 spiro atoms. The van der Waals surface area contributed by atoms with Crippen molar-refractivity contribution in [3.63, 3.8) is 0 Å². The highest BCUT2D eigenvalue weighted by atomic mass is 16.2. The van der Waals surface area contributed by atoms with E-state index in [4.69, 9.17) is 5.73 Å². The summed E-state index contributed by atoms with van der Waals surface area (Å²) in [6.07, 6.45) is 1.94. The third-order valence-electron chi connectivity index (χ3n) is 4.38. The zero-order valence-corrected chi connectivity index (χ0v) is 13.3. The highest BCUT2D eigenvalue weighted by molar-refractivity contribution is 5.40. The van der Waals surface area contributed by atoms with Crippen molar-refractivity contribution in [2.45, 2.75) is 32.4 Å². The number of rotatable bonds is 3. The molecule has 1 saturated heterocycles. The molecule has 3 N–H and O–H groups in total. The summed E-state index contributed by atoms with van der Waals surface area (Å²) < 4.78 is 1.63. The van der Waals surface area contributed by atoms with Gasteiger partial charge in [-0.2, -0.15) is 0 Å². The molecule has 6 heteroatoms. The second kappa shape index (κ2) is 6.42. The fourth-order valence-electron chi connectivity index (χ4n) is 3.10. The fourth-order valence-corrected chi connectivity index (χ4v) is 3.10. The van der Waals surface area contributed by atoms with Crippen molar-refractivity contribution < 1.29 is 0 Å². The number of piperidine rings is 1. The monoisotopic (exact) mass is 314 g/mol. The molecule has 0 unspecified atom stereocenters. The summed E-state index contributed by atoms with van der Waals surface area (Å²) in [6, 6.07) is 9.51. The lowest BCUT2D eigenvalue weighted by Crippen LogP contribution is -2.46. The second-order valence-electron chi connectivity index (χ2n) is 6.16. The molecule has 0 radical (unpaired) electrons. The molecule has 0 aliphatic carbocycles. The van der Waals surface area contributed by atoms with Crippen LogP contribution in [0.4, 0.5) is 5.82 Å². The molecule has 3 rings (SSSR count). The molecule has 0 bridgehead atoms. The minimum Gasteiger partial charge on any atom is -0.356 e. The van der Waals surface area contributed by atoms with Gasteiger partial charge in [0, 0.05) is 25.2 Å². The van der Waals surface area contributed by atoms with Gasteiger partial charge in [-0.1, -0.05) is 24.3 Å². The highest BCUT2D eigenvalue weighted by Gasteiger charge is 2.20. The quantitative estimate of drug-likeness (QED) is 0.878. The van der Waals surface area contributed by atoms with Gasteiger partial charge in [0.2, 0.25) is 0 Å². The number of aromatic nitrogens is 2. The van der Waals surface area contributed by atoms with Crippen molar-refractivity contribution in [1.29, 1.82) is 0 Å². The number of nitrogens with zero attached hydrogens (tertiary/aromatic N) is 2. The van der Waals surface area contributed by atoms with Crippen LogP contribution in [-0.4, -0.2) is 28.7 Å². The Kier molecular flexibility index (Phi) is 4.34. The lowest BCUT2D eigenvalue weighted by Gasteiger charge is -2.33. The fraction of sp³-hybridized carbons (Fsp3) is 0.412. The van der Waals surface area contributed by atoms with Crippen LogP contribution in [0.5, 0.6) is 0 Å². The topological polar surface area (TPSA) is 84.1 Å². The van der Waals surface area contributed by atoms with Gasteiger partial charge in [-0.05, 0) is 30.9 Å². The van der Waals surface area contributed by atoms with Gasteiger partial charge in [0.15, 0.2) is 0 Å². The maximum Gasteiger partial charge on any atom is 0.330 e. The zero-order chi connectivity index (χ0) is 16.4. The van der Waals surface area contributed by atoms with Gasteiger partial charge in [-0.15, -0.1) is 0 Å². The van der Waals surface area contributed by atoms with E-state index in [-0.39, 0.29) is 17.3 Å². The van der Waals surface area contributed by atoms with Crippen molar-refractivity contribution in [3.8, 4) is 0 Å². The Bertz CT molecular complexity index is 809. The van der Waals surface area contributed by atoms with Crippen LogP contribution in [0.15, 0.2) is 39.9 Å². The summed E-state index contributed by atoms with van der Waals surface area (Å²) in [5, 5.41) is 0. The first-order valence-corrected chi connectivity index (χ1v) is 7.94. The Morgan fingerprint density at radius 1 is 1.30 bits per heavy atom. The van der Waals surface area contributed by atoms with Crippen LogP contribution >= 0.6 is 0 Å². The molecule has 122 valence electrons. The Labute approximate surface area is 134 Å². The van der Waals surface area contributed by atoms with E-state index in [9.17, 15) is 9.59 Å². The Morgan fingerprint density at radius 3 is 2.83 bits per heavy atom. The van der Waals surface area contributed by atoms with E-state index >= 15 is 0 Å². The minimum atomic E-state index is -0.380.